The summed E-state index contributed by atoms with van der Waals surface area (Å²) in [5.74, 6) is -4.06. The van der Waals surface area contributed by atoms with Gasteiger partial charge in [-0.3, -0.25) is 15.0 Å². The fourth-order valence-corrected chi connectivity index (χ4v) is 1.08. The Morgan fingerprint density at radius 3 is 2.22 bits per heavy atom. The first kappa shape index (κ1) is 13.4. The smallest absolute Gasteiger partial charge is 0.360 e. The minimum atomic E-state index is -1.58. The van der Waals surface area contributed by atoms with E-state index in [0.29, 0.717) is 5.69 Å². The van der Waals surface area contributed by atoms with Crippen molar-refractivity contribution in [1.29, 1.82) is 0 Å². The van der Waals surface area contributed by atoms with E-state index in [0.717, 1.165) is 0 Å². The Morgan fingerprint density at radius 1 is 1.11 bits per heavy atom. The van der Waals surface area contributed by atoms with Gasteiger partial charge < -0.3 is 10.2 Å². The molecule has 94 valence electrons. The van der Waals surface area contributed by atoms with Crippen LogP contribution in [0.1, 0.15) is 6.42 Å². The predicted molar refractivity (Wildman–Crippen MR) is 62.4 cm³/mol. The normalized spacial score (nSPS) is 10.8. The number of nitrogens with one attached hydrogen (secondary N) is 1. The van der Waals surface area contributed by atoms with Crippen LogP contribution in [0.25, 0.3) is 0 Å². The summed E-state index contributed by atoms with van der Waals surface area (Å²) in [6.45, 7) is 0. The molecule has 1 rings (SSSR count). The van der Waals surface area contributed by atoms with E-state index in [2.05, 4.69) is 10.5 Å². The number of rotatable bonds is 6. The van der Waals surface area contributed by atoms with Gasteiger partial charge in [-0.05, 0) is 12.1 Å². The number of benzene rings is 1. The van der Waals surface area contributed by atoms with Crippen LogP contribution in [0, 0.1) is 0 Å². The zero-order valence-corrected chi connectivity index (χ0v) is 9.16. The van der Waals surface area contributed by atoms with Gasteiger partial charge in [0.2, 0.25) is 11.5 Å². The maximum atomic E-state index is 11.3. The van der Waals surface area contributed by atoms with Gasteiger partial charge in [-0.25, -0.2) is 4.79 Å². The van der Waals surface area contributed by atoms with E-state index in [1.807, 2.05) is 0 Å². The van der Waals surface area contributed by atoms with Crippen LogP contribution in [-0.4, -0.2) is 33.6 Å². The number of hydrogen-bond donors (Lipinski definition) is 3. The van der Waals surface area contributed by atoms with Crippen molar-refractivity contribution >= 4 is 29.1 Å². The fourth-order valence-electron chi connectivity index (χ4n) is 1.08. The van der Waals surface area contributed by atoms with Gasteiger partial charge in [0, 0.05) is 0 Å². The standard InChI is InChI=1S/C11H10N2O5/c14-8(6-9(15)16)10(11(17)18)13-12-7-4-2-1-3-5-7/h1-5,12H,6H2,(H,15,16)(H,17,18)/b13-10+. The second-order valence-electron chi connectivity index (χ2n) is 3.24. The molecule has 0 aliphatic carbocycles. The third-order valence-electron chi connectivity index (χ3n) is 1.85. The molecule has 0 bridgehead atoms. The van der Waals surface area contributed by atoms with Crippen LogP contribution in [0.4, 0.5) is 5.69 Å². The van der Waals surface area contributed by atoms with Crippen LogP contribution >= 0.6 is 0 Å². The van der Waals surface area contributed by atoms with E-state index in [4.69, 9.17) is 10.2 Å². The lowest BCUT2D eigenvalue weighted by atomic mass is 10.2. The number of anilines is 1. The molecule has 7 heteroatoms. The van der Waals surface area contributed by atoms with E-state index in [1.54, 1.807) is 30.3 Å². The molecule has 0 aliphatic rings. The van der Waals surface area contributed by atoms with Crippen LogP contribution in [0.3, 0.4) is 0 Å². The number of nitrogens with zero attached hydrogens (tertiary/aromatic N) is 1. The molecule has 0 heterocycles. The Bertz CT molecular complexity index is 495. The molecule has 0 unspecified atom stereocenters. The molecule has 1 aromatic carbocycles. The average molecular weight is 250 g/mol. The monoisotopic (exact) mass is 250 g/mol. The number of ketones is 1. The van der Waals surface area contributed by atoms with Crippen molar-refractivity contribution in [2.24, 2.45) is 5.10 Å². The molecule has 0 saturated carbocycles. The van der Waals surface area contributed by atoms with E-state index >= 15 is 0 Å². The van der Waals surface area contributed by atoms with Gasteiger partial charge in [0.05, 0.1) is 5.69 Å². The first-order chi connectivity index (χ1) is 8.50. The van der Waals surface area contributed by atoms with Gasteiger partial charge in [-0.1, -0.05) is 18.2 Å². The maximum absolute atomic E-state index is 11.3. The van der Waals surface area contributed by atoms with Gasteiger partial charge in [-0.2, -0.15) is 5.10 Å². The Balaban J connectivity index is 2.82. The SMILES string of the molecule is O=C(O)CC(=O)/C(=N\Nc1ccccc1)C(=O)O. The Labute approximate surface area is 102 Å². The van der Waals surface area contributed by atoms with E-state index in [1.165, 1.54) is 0 Å². The molecule has 3 N–H and O–H groups in total. The molecule has 0 amide bonds. The second kappa shape index (κ2) is 6.14. The van der Waals surface area contributed by atoms with Crippen molar-refractivity contribution in [3.05, 3.63) is 30.3 Å². The summed E-state index contributed by atoms with van der Waals surface area (Å²) < 4.78 is 0. The van der Waals surface area contributed by atoms with Crippen molar-refractivity contribution in [1.82, 2.24) is 0 Å². The topological polar surface area (TPSA) is 116 Å². The third-order valence-corrected chi connectivity index (χ3v) is 1.85. The number of para-hydroxylation sites is 1. The minimum absolute atomic E-state index is 0.486. The first-order valence-corrected chi connectivity index (χ1v) is 4.87. The van der Waals surface area contributed by atoms with Crippen molar-refractivity contribution < 1.29 is 24.6 Å². The Morgan fingerprint density at radius 2 is 1.72 bits per heavy atom. The van der Waals surface area contributed by atoms with Crippen LogP contribution < -0.4 is 5.43 Å². The van der Waals surface area contributed by atoms with Crippen LogP contribution in [0.15, 0.2) is 35.4 Å². The highest BCUT2D eigenvalue weighted by atomic mass is 16.4. The highest BCUT2D eigenvalue weighted by molar-refractivity contribution is 6.65. The maximum Gasteiger partial charge on any atom is 0.360 e. The lowest BCUT2D eigenvalue weighted by Crippen LogP contribution is -2.27. The lowest BCUT2D eigenvalue weighted by molar-refractivity contribution is -0.139. The van der Waals surface area contributed by atoms with Gasteiger partial charge >= 0.3 is 11.9 Å². The predicted octanol–water partition coefficient (Wildman–Crippen LogP) is 0.583. The zero-order chi connectivity index (χ0) is 13.5. The third kappa shape index (κ3) is 4.05. The molecular formula is C11H10N2O5. The van der Waals surface area contributed by atoms with Crippen molar-refractivity contribution in [3.63, 3.8) is 0 Å². The summed E-state index contributed by atoms with van der Waals surface area (Å²) in [5, 5.41) is 20.6. The number of carboxylic acid groups (broad SMARTS) is 2. The number of carboxylic acids is 2. The molecule has 0 aliphatic heterocycles. The van der Waals surface area contributed by atoms with Crippen LogP contribution in [0.2, 0.25) is 0 Å². The number of carbonyl (C=O) groups is 3. The molecular weight excluding hydrogens is 240 g/mol. The zero-order valence-electron chi connectivity index (χ0n) is 9.16. The number of carbonyl (C=O) groups excluding carboxylic acids is 1. The lowest BCUT2D eigenvalue weighted by Gasteiger charge is -2.01. The van der Waals surface area contributed by atoms with Crippen molar-refractivity contribution in [2.45, 2.75) is 6.42 Å². The van der Waals surface area contributed by atoms with Crippen LogP contribution in [-0.2, 0) is 14.4 Å². The van der Waals surface area contributed by atoms with Crippen LogP contribution in [0.5, 0.6) is 0 Å². The summed E-state index contributed by atoms with van der Waals surface area (Å²) in [4.78, 5) is 32.4. The Hall–Kier alpha value is -2.70. The molecule has 7 nitrogen and oxygen atoms in total. The number of hydrazone groups is 1. The highest BCUT2D eigenvalue weighted by Crippen LogP contribution is 2.04. The summed E-state index contributed by atoms with van der Waals surface area (Å²) in [7, 11) is 0. The number of Topliss-reactive ketones (excluding diaryl/α,β-unsaturated/α-hetero) is 1. The summed E-state index contributed by atoms with van der Waals surface area (Å²) in [6, 6.07) is 8.37. The highest BCUT2D eigenvalue weighted by Gasteiger charge is 2.22. The number of hydrogen-bond acceptors (Lipinski definition) is 5. The van der Waals surface area contributed by atoms with E-state index < -0.39 is 29.9 Å². The average Bonchev–Trinajstić information content (AvgIpc) is 2.29. The summed E-state index contributed by atoms with van der Waals surface area (Å²) >= 11 is 0. The summed E-state index contributed by atoms with van der Waals surface area (Å²) in [6.07, 6.45) is -0.915. The van der Waals surface area contributed by atoms with Gasteiger partial charge in [0.15, 0.2) is 0 Å². The minimum Gasteiger partial charge on any atom is -0.481 e. The van der Waals surface area contributed by atoms with E-state index in [-0.39, 0.29) is 0 Å². The Kier molecular flexibility index (Phi) is 4.56. The molecule has 0 radical (unpaired) electrons. The molecule has 1 aromatic rings. The molecule has 18 heavy (non-hydrogen) atoms. The molecule has 0 atom stereocenters. The molecule has 0 aromatic heterocycles. The molecule has 0 fully saturated rings. The second-order valence-corrected chi connectivity index (χ2v) is 3.24. The van der Waals surface area contributed by atoms with Crippen molar-refractivity contribution in [2.75, 3.05) is 5.43 Å². The quantitative estimate of drug-likeness (QED) is 0.386. The molecule has 0 saturated heterocycles. The van der Waals surface area contributed by atoms with Gasteiger partial charge in [0.1, 0.15) is 6.42 Å². The first-order valence-electron chi connectivity index (χ1n) is 4.87. The summed E-state index contributed by atoms with van der Waals surface area (Å²) in [5.41, 5.74) is 2.01. The fraction of sp³-hybridized carbons (Fsp3) is 0.0909. The van der Waals surface area contributed by atoms with E-state index in [9.17, 15) is 14.4 Å². The van der Waals surface area contributed by atoms with Gasteiger partial charge in [-0.15, -0.1) is 0 Å². The van der Waals surface area contributed by atoms with Gasteiger partial charge in [0.25, 0.3) is 0 Å². The number of aliphatic carboxylic acids is 2. The molecule has 0 spiro atoms. The largest absolute Gasteiger partial charge is 0.481 e. The van der Waals surface area contributed by atoms with Crippen molar-refractivity contribution in [3.8, 4) is 0 Å².